The first-order chi connectivity index (χ1) is 15.4. The van der Waals surface area contributed by atoms with E-state index in [4.69, 9.17) is 14.2 Å². The van der Waals surface area contributed by atoms with E-state index in [1.807, 2.05) is 25.1 Å². The van der Waals surface area contributed by atoms with Crippen molar-refractivity contribution in [2.45, 2.75) is 6.04 Å². The standard InChI is InChI=1S/C24H26N2O6/c1-25(2)9-10-26-21(15-5-4-6-17(13-15)30-3)20(23(28)24(26)29)22(27)16-7-8-18-19(14-16)32-12-11-31-18/h4-8,13-14,21,27H,9-12H2,1-3H3/b22-20+/t21-/m0/s1. The van der Waals surface area contributed by atoms with Crippen LogP contribution < -0.4 is 14.2 Å². The highest BCUT2D eigenvalue weighted by molar-refractivity contribution is 6.46. The second-order valence-electron chi connectivity index (χ2n) is 7.93. The van der Waals surface area contributed by atoms with Crippen molar-refractivity contribution in [2.24, 2.45) is 0 Å². The number of amides is 1. The molecule has 1 saturated heterocycles. The van der Waals surface area contributed by atoms with Crippen LogP contribution in [0.2, 0.25) is 0 Å². The van der Waals surface area contributed by atoms with Crippen molar-refractivity contribution in [3.8, 4) is 17.2 Å². The highest BCUT2D eigenvalue weighted by Crippen LogP contribution is 2.41. The number of aliphatic hydroxyl groups excluding tert-OH is 1. The minimum atomic E-state index is -0.738. The normalized spacial score (nSPS) is 19.5. The van der Waals surface area contributed by atoms with Crippen molar-refractivity contribution in [1.82, 2.24) is 9.80 Å². The van der Waals surface area contributed by atoms with Gasteiger partial charge in [-0.2, -0.15) is 0 Å². The lowest BCUT2D eigenvalue weighted by Crippen LogP contribution is -2.35. The maximum Gasteiger partial charge on any atom is 0.295 e. The van der Waals surface area contributed by atoms with Gasteiger partial charge in [-0.05, 0) is 50.0 Å². The van der Waals surface area contributed by atoms with E-state index in [0.717, 1.165) is 0 Å². The van der Waals surface area contributed by atoms with Gasteiger partial charge in [0.05, 0.1) is 18.7 Å². The Morgan fingerprint density at radius 2 is 1.88 bits per heavy atom. The van der Waals surface area contributed by atoms with Crippen LogP contribution in [-0.4, -0.2) is 74.1 Å². The van der Waals surface area contributed by atoms with Crippen LogP contribution in [0.4, 0.5) is 0 Å². The summed E-state index contributed by atoms with van der Waals surface area (Å²) in [7, 11) is 5.34. The molecule has 1 atom stereocenters. The molecular formula is C24H26N2O6. The molecule has 8 heteroatoms. The number of methoxy groups -OCH3 is 1. The number of carbonyl (C=O) groups excluding carboxylic acids is 2. The van der Waals surface area contributed by atoms with E-state index in [2.05, 4.69) is 0 Å². The van der Waals surface area contributed by atoms with Crippen LogP contribution in [0.1, 0.15) is 17.2 Å². The van der Waals surface area contributed by atoms with Gasteiger partial charge in [-0.15, -0.1) is 0 Å². The number of benzene rings is 2. The molecular weight excluding hydrogens is 412 g/mol. The van der Waals surface area contributed by atoms with Crippen molar-refractivity contribution in [2.75, 3.05) is 47.5 Å². The van der Waals surface area contributed by atoms with E-state index in [0.29, 0.717) is 54.7 Å². The molecule has 1 fully saturated rings. The van der Waals surface area contributed by atoms with Gasteiger partial charge >= 0.3 is 0 Å². The van der Waals surface area contributed by atoms with E-state index >= 15 is 0 Å². The van der Waals surface area contributed by atoms with Gasteiger partial charge in [0.15, 0.2) is 11.5 Å². The molecule has 0 radical (unpaired) electrons. The molecule has 2 aromatic rings. The Hall–Kier alpha value is -3.52. The average Bonchev–Trinajstić information content (AvgIpc) is 3.06. The van der Waals surface area contributed by atoms with Crippen molar-refractivity contribution in [3.05, 3.63) is 59.2 Å². The molecule has 32 heavy (non-hydrogen) atoms. The van der Waals surface area contributed by atoms with Crippen LogP contribution in [0.25, 0.3) is 5.76 Å². The second kappa shape index (κ2) is 8.92. The van der Waals surface area contributed by atoms with E-state index in [1.54, 1.807) is 43.5 Å². The van der Waals surface area contributed by atoms with Crippen LogP contribution in [0.3, 0.4) is 0 Å². The number of hydrogen-bond acceptors (Lipinski definition) is 7. The Morgan fingerprint density at radius 1 is 1.12 bits per heavy atom. The average molecular weight is 438 g/mol. The third-order valence-electron chi connectivity index (χ3n) is 5.55. The zero-order valence-corrected chi connectivity index (χ0v) is 18.3. The quantitative estimate of drug-likeness (QED) is 0.421. The summed E-state index contributed by atoms with van der Waals surface area (Å²) in [5.41, 5.74) is 1.10. The maximum atomic E-state index is 13.1. The van der Waals surface area contributed by atoms with Crippen molar-refractivity contribution < 1.29 is 28.9 Å². The summed E-state index contributed by atoms with van der Waals surface area (Å²) in [6.45, 7) is 1.75. The van der Waals surface area contributed by atoms with Gasteiger partial charge in [0.1, 0.15) is 24.7 Å². The van der Waals surface area contributed by atoms with Crippen molar-refractivity contribution >= 4 is 17.4 Å². The zero-order valence-electron chi connectivity index (χ0n) is 18.3. The first kappa shape index (κ1) is 21.7. The van der Waals surface area contributed by atoms with Crippen LogP contribution >= 0.6 is 0 Å². The SMILES string of the molecule is COc1cccc([C@H]2/C(=C(\O)c3ccc4c(c3)OCCO4)C(=O)C(=O)N2CCN(C)C)c1. The molecule has 168 valence electrons. The summed E-state index contributed by atoms with van der Waals surface area (Å²) < 4.78 is 16.5. The van der Waals surface area contributed by atoms with Gasteiger partial charge in [-0.25, -0.2) is 0 Å². The molecule has 0 aliphatic carbocycles. The smallest absolute Gasteiger partial charge is 0.295 e. The van der Waals surface area contributed by atoms with Gasteiger partial charge in [0.2, 0.25) is 0 Å². The van der Waals surface area contributed by atoms with Crippen molar-refractivity contribution in [3.63, 3.8) is 0 Å². The summed E-state index contributed by atoms with van der Waals surface area (Å²) in [5, 5.41) is 11.2. The lowest BCUT2D eigenvalue weighted by atomic mass is 9.95. The molecule has 1 N–H and O–H groups in total. The maximum absolute atomic E-state index is 13.1. The Balaban J connectivity index is 1.83. The zero-order chi connectivity index (χ0) is 22.8. The number of likely N-dealkylation sites (tertiary alicyclic amines) is 1. The third-order valence-corrected chi connectivity index (χ3v) is 5.55. The summed E-state index contributed by atoms with van der Waals surface area (Å²) in [6.07, 6.45) is 0. The highest BCUT2D eigenvalue weighted by Gasteiger charge is 2.46. The molecule has 0 spiro atoms. The van der Waals surface area contributed by atoms with Gasteiger partial charge in [-0.3, -0.25) is 9.59 Å². The van der Waals surface area contributed by atoms with E-state index in [-0.39, 0.29) is 11.3 Å². The molecule has 0 unspecified atom stereocenters. The predicted octanol–water partition coefficient (Wildman–Crippen LogP) is 2.45. The third kappa shape index (κ3) is 4.01. The first-order valence-electron chi connectivity index (χ1n) is 10.4. The Labute approximate surface area is 186 Å². The molecule has 8 nitrogen and oxygen atoms in total. The monoisotopic (exact) mass is 438 g/mol. The van der Waals surface area contributed by atoms with Gasteiger partial charge < -0.3 is 29.1 Å². The van der Waals surface area contributed by atoms with Crippen LogP contribution in [-0.2, 0) is 9.59 Å². The van der Waals surface area contributed by atoms with Crippen LogP contribution in [0.15, 0.2) is 48.0 Å². The van der Waals surface area contributed by atoms with E-state index in [9.17, 15) is 14.7 Å². The summed E-state index contributed by atoms with van der Waals surface area (Å²) >= 11 is 0. The number of aliphatic hydroxyl groups is 1. The fraction of sp³-hybridized carbons (Fsp3) is 0.333. The molecule has 2 heterocycles. The summed E-state index contributed by atoms with van der Waals surface area (Å²) in [4.78, 5) is 29.5. The number of likely N-dealkylation sites (N-methyl/N-ethyl adjacent to an activating group) is 1. The Kier molecular flexibility index (Phi) is 6.05. The second-order valence-corrected chi connectivity index (χ2v) is 7.93. The predicted molar refractivity (Wildman–Crippen MR) is 118 cm³/mol. The number of fused-ring (bicyclic) bond motifs is 1. The number of ketones is 1. The lowest BCUT2D eigenvalue weighted by molar-refractivity contribution is -0.140. The minimum Gasteiger partial charge on any atom is -0.507 e. The number of ether oxygens (including phenoxy) is 3. The number of carbonyl (C=O) groups is 2. The number of hydrogen-bond donors (Lipinski definition) is 1. The van der Waals surface area contributed by atoms with Gasteiger partial charge in [-0.1, -0.05) is 12.1 Å². The van der Waals surface area contributed by atoms with Crippen LogP contribution in [0.5, 0.6) is 17.2 Å². The van der Waals surface area contributed by atoms with Crippen molar-refractivity contribution in [1.29, 1.82) is 0 Å². The summed E-state index contributed by atoms with van der Waals surface area (Å²) in [5.74, 6) is 0.0481. The first-order valence-corrected chi connectivity index (χ1v) is 10.4. The van der Waals surface area contributed by atoms with Gasteiger partial charge in [0.25, 0.3) is 11.7 Å². The molecule has 0 saturated carbocycles. The fourth-order valence-corrected chi connectivity index (χ4v) is 3.92. The molecule has 4 rings (SSSR count). The van der Waals surface area contributed by atoms with E-state index < -0.39 is 17.7 Å². The molecule has 0 bridgehead atoms. The Morgan fingerprint density at radius 3 is 2.59 bits per heavy atom. The topological polar surface area (TPSA) is 88.5 Å². The minimum absolute atomic E-state index is 0.0405. The number of nitrogens with zero attached hydrogens (tertiary/aromatic N) is 2. The Bertz CT molecular complexity index is 1080. The molecule has 2 aromatic carbocycles. The number of rotatable bonds is 6. The largest absolute Gasteiger partial charge is 0.507 e. The molecule has 0 aromatic heterocycles. The molecule has 2 aliphatic heterocycles. The van der Waals surface area contributed by atoms with Gasteiger partial charge in [0, 0.05) is 18.7 Å². The fourth-order valence-electron chi connectivity index (χ4n) is 3.92. The highest BCUT2D eigenvalue weighted by atomic mass is 16.6. The van der Waals surface area contributed by atoms with Crippen LogP contribution in [0, 0.1) is 0 Å². The molecule has 1 amide bonds. The summed E-state index contributed by atoms with van der Waals surface area (Å²) in [6, 6.07) is 11.4. The van der Waals surface area contributed by atoms with E-state index in [1.165, 1.54) is 4.90 Å². The number of Topliss-reactive ketones (excluding diaryl/α,β-unsaturated/α-hetero) is 1. The molecule has 2 aliphatic rings. The lowest BCUT2D eigenvalue weighted by Gasteiger charge is -2.27.